The smallest absolute Gasteiger partial charge is 0.242 e. The first kappa shape index (κ1) is 13.8. The number of hydrogen-bond acceptors (Lipinski definition) is 4. The Morgan fingerprint density at radius 3 is 2.78 bits per heavy atom. The highest BCUT2D eigenvalue weighted by Crippen LogP contribution is 2.32. The number of amides is 1. The first-order valence-corrected chi connectivity index (χ1v) is 8.00. The van der Waals surface area contributed by atoms with Gasteiger partial charge in [-0.2, -0.15) is 4.99 Å². The lowest BCUT2D eigenvalue weighted by molar-refractivity contribution is -0.120. The van der Waals surface area contributed by atoms with E-state index in [0.717, 1.165) is 16.1 Å². The molecule has 2 aliphatic rings. The van der Waals surface area contributed by atoms with Crippen LogP contribution in [-0.2, 0) is 4.79 Å². The Hall–Kier alpha value is -2.86. The topological polar surface area (TPSA) is 66.2 Å². The van der Waals surface area contributed by atoms with Crippen molar-refractivity contribution in [2.24, 2.45) is 20.9 Å². The Morgan fingerprint density at radius 1 is 1.13 bits per heavy atom. The molecule has 1 amide bonds. The molecule has 5 nitrogen and oxygen atoms in total. The third kappa shape index (κ3) is 2.64. The van der Waals surface area contributed by atoms with Gasteiger partial charge in [-0.25, -0.2) is 9.98 Å². The summed E-state index contributed by atoms with van der Waals surface area (Å²) in [5.41, 5.74) is 1.66. The van der Waals surface area contributed by atoms with E-state index >= 15 is 0 Å². The molecule has 2 aromatic rings. The zero-order chi connectivity index (χ0) is 15.6. The fourth-order valence-electron chi connectivity index (χ4n) is 2.52. The highest BCUT2D eigenvalue weighted by Gasteiger charge is 2.35. The van der Waals surface area contributed by atoms with Crippen LogP contribution in [0.4, 0.5) is 5.69 Å². The molecule has 0 aliphatic carbocycles. The lowest BCUT2D eigenvalue weighted by atomic mass is 9.92. The highest BCUT2D eigenvalue weighted by atomic mass is 32.1. The minimum absolute atomic E-state index is 0.152. The number of thiophene rings is 1. The second-order valence-electron chi connectivity index (χ2n) is 5.04. The zero-order valence-corrected chi connectivity index (χ0v) is 12.8. The lowest BCUT2D eigenvalue weighted by Crippen LogP contribution is -2.44. The number of amidine groups is 1. The molecule has 1 aromatic carbocycles. The van der Waals surface area contributed by atoms with Crippen LogP contribution in [0, 0.1) is 5.92 Å². The molecule has 1 atom stereocenters. The van der Waals surface area contributed by atoms with Crippen molar-refractivity contribution >= 4 is 46.5 Å². The minimum Gasteiger partial charge on any atom is -0.294 e. The number of para-hydroxylation sites is 1. The zero-order valence-electron chi connectivity index (χ0n) is 12.0. The maximum atomic E-state index is 12.6. The number of carbonyl (C=O) groups is 1. The van der Waals surface area contributed by atoms with E-state index in [4.69, 9.17) is 0 Å². The van der Waals surface area contributed by atoms with Crippen molar-refractivity contribution in [2.75, 3.05) is 0 Å². The normalized spacial score (nSPS) is 21.5. The number of guanidine groups is 1. The molecular formula is C17H12N4OS. The number of aliphatic imine (C=N–C) groups is 3. The summed E-state index contributed by atoms with van der Waals surface area (Å²) in [5.74, 6) is 0.126. The summed E-state index contributed by atoms with van der Waals surface area (Å²) in [7, 11) is 0. The van der Waals surface area contributed by atoms with Crippen molar-refractivity contribution in [2.45, 2.75) is 0 Å². The number of carbonyl (C=O) groups excluding carboxylic acids is 1. The average Bonchev–Trinajstić information content (AvgIpc) is 3.09. The fourth-order valence-corrected chi connectivity index (χ4v) is 3.30. The maximum Gasteiger partial charge on any atom is 0.242 e. The summed E-state index contributed by atoms with van der Waals surface area (Å²) in [6.45, 7) is 0. The largest absolute Gasteiger partial charge is 0.294 e. The summed E-state index contributed by atoms with van der Waals surface area (Å²) in [6.07, 6.45) is 3.55. The molecule has 3 heterocycles. The molecule has 0 bridgehead atoms. The molecule has 1 aromatic heterocycles. The van der Waals surface area contributed by atoms with Crippen LogP contribution in [0.2, 0.25) is 0 Å². The van der Waals surface area contributed by atoms with Crippen LogP contribution in [0.15, 0.2) is 68.9 Å². The second-order valence-corrected chi connectivity index (χ2v) is 5.99. The quantitative estimate of drug-likeness (QED) is 0.908. The highest BCUT2D eigenvalue weighted by molar-refractivity contribution is 7.11. The van der Waals surface area contributed by atoms with Crippen LogP contribution in [0.1, 0.15) is 4.88 Å². The van der Waals surface area contributed by atoms with Crippen molar-refractivity contribution in [3.05, 3.63) is 58.8 Å². The number of benzene rings is 1. The summed E-state index contributed by atoms with van der Waals surface area (Å²) >= 11 is 1.60. The van der Waals surface area contributed by atoms with E-state index in [2.05, 4.69) is 20.3 Å². The lowest BCUT2D eigenvalue weighted by Gasteiger charge is -2.24. The van der Waals surface area contributed by atoms with Crippen LogP contribution >= 0.6 is 11.3 Å². The molecular weight excluding hydrogens is 308 g/mol. The van der Waals surface area contributed by atoms with Crippen LogP contribution in [0.25, 0.3) is 5.57 Å². The molecule has 4 rings (SSSR count). The standard InChI is InChI=1S/C17H12N4OS/c22-16-14-12(13-7-4-10-23-13)8-9-18-15(14)20-17(21-16)19-11-5-2-1-3-6-11/h1-10,14H,(H,19,21,22). The molecule has 23 heavy (non-hydrogen) atoms. The first-order valence-electron chi connectivity index (χ1n) is 7.12. The molecule has 0 saturated carbocycles. The Balaban J connectivity index is 1.72. The Morgan fingerprint density at radius 2 is 2.00 bits per heavy atom. The van der Waals surface area contributed by atoms with Crippen LogP contribution in [-0.4, -0.2) is 23.9 Å². The van der Waals surface area contributed by atoms with Crippen molar-refractivity contribution in [3.63, 3.8) is 0 Å². The SMILES string of the molecule is O=C1NC(=Nc2ccccc2)N=C2N=CC=C(c3cccs3)C12. The molecule has 0 saturated heterocycles. The summed E-state index contributed by atoms with van der Waals surface area (Å²) < 4.78 is 0. The molecule has 0 radical (unpaired) electrons. The number of allylic oxidation sites excluding steroid dienone is 1. The summed E-state index contributed by atoms with van der Waals surface area (Å²) in [5, 5.41) is 4.76. The van der Waals surface area contributed by atoms with Crippen LogP contribution in [0.3, 0.4) is 0 Å². The van der Waals surface area contributed by atoms with E-state index in [-0.39, 0.29) is 11.9 Å². The maximum absolute atomic E-state index is 12.6. The van der Waals surface area contributed by atoms with Crippen molar-refractivity contribution in [3.8, 4) is 0 Å². The van der Waals surface area contributed by atoms with Crippen LogP contribution in [0.5, 0.6) is 0 Å². The van der Waals surface area contributed by atoms with Gasteiger partial charge in [0.15, 0.2) is 0 Å². The van der Waals surface area contributed by atoms with Crippen molar-refractivity contribution < 1.29 is 4.79 Å². The number of nitrogens with zero attached hydrogens (tertiary/aromatic N) is 3. The van der Waals surface area contributed by atoms with E-state index in [9.17, 15) is 4.79 Å². The van der Waals surface area contributed by atoms with E-state index < -0.39 is 5.92 Å². The van der Waals surface area contributed by atoms with Gasteiger partial charge in [-0.3, -0.25) is 10.1 Å². The van der Waals surface area contributed by atoms with Gasteiger partial charge in [0, 0.05) is 11.1 Å². The van der Waals surface area contributed by atoms with Gasteiger partial charge in [-0.1, -0.05) is 24.3 Å². The minimum atomic E-state index is -0.478. The fraction of sp³-hybridized carbons (Fsp3) is 0.0588. The van der Waals surface area contributed by atoms with Gasteiger partial charge in [0.1, 0.15) is 11.8 Å². The summed E-state index contributed by atoms with van der Waals surface area (Å²) in [4.78, 5) is 26.6. The molecule has 1 unspecified atom stereocenters. The van der Waals surface area contributed by atoms with Gasteiger partial charge in [-0.05, 0) is 35.2 Å². The monoisotopic (exact) mass is 320 g/mol. The Kier molecular flexibility index (Phi) is 3.44. The van der Waals surface area contributed by atoms with Gasteiger partial charge in [0.05, 0.1) is 5.69 Å². The Bertz CT molecular complexity index is 863. The summed E-state index contributed by atoms with van der Waals surface area (Å²) in [6, 6.07) is 13.3. The third-order valence-corrected chi connectivity index (χ3v) is 4.46. The van der Waals surface area contributed by atoms with Crippen LogP contribution < -0.4 is 5.32 Å². The Labute approximate surface area is 136 Å². The second kappa shape index (κ2) is 5.73. The van der Waals surface area contributed by atoms with E-state index in [1.54, 1.807) is 17.6 Å². The molecule has 6 heteroatoms. The predicted molar refractivity (Wildman–Crippen MR) is 93.4 cm³/mol. The number of nitrogens with one attached hydrogen (secondary N) is 1. The number of fused-ring (bicyclic) bond motifs is 1. The molecule has 0 fully saturated rings. The molecule has 112 valence electrons. The van der Waals surface area contributed by atoms with E-state index in [1.165, 1.54) is 0 Å². The van der Waals surface area contributed by atoms with E-state index in [1.807, 2.05) is 53.9 Å². The number of dihydropyridines is 1. The molecule has 0 spiro atoms. The van der Waals surface area contributed by atoms with E-state index in [0.29, 0.717) is 5.84 Å². The van der Waals surface area contributed by atoms with Gasteiger partial charge < -0.3 is 0 Å². The molecule has 1 N–H and O–H groups in total. The number of hydrogen-bond donors (Lipinski definition) is 1. The predicted octanol–water partition coefficient (Wildman–Crippen LogP) is 3.05. The first-order chi connectivity index (χ1) is 11.3. The van der Waals surface area contributed by atoms with Gasteiger partial charge in [0.2, 0.25) is 11.9 Å². The van der Waals surface area contributed by atoms with Gasteiger partial charge in [0.25, 0.3) is 0 Å². The molecule has 2 aliphatic heterocycles. The number of rotatable bonds is 2. The third-order valence-electron chi connectivity index (χ3n) is 3.54. The van der Waals surface area contributed by atoms with Gasteiger partial charge >= 0.3 is 0 Å². The van der Waals surface area contributed by atoms with Crippen molar-refractivity contribution in [1.29, 1.82) is 0 Å². The average molecular weight is 320 g/mol. The van der Waals surface area contributed by atoms with Gasteiger partial charge in [-0.15, -0.1) is 11.3 Å². The van der Waals surface area contributed by atoms with Crippen molar-refractivity contribution in [1.82, 2.24) is 5.32 Å².